The van der Waals surface area contributed by atoms with E-state index < -0.39 is 0 Å². The number of fused-ring (bicyclic) bond motifs is 5. The lowest BCUT2D eigenvalue weighted by Gasteiger charge is -2.23. The van der Waals surface area contributed by atoms with Crippen LogP contribution < -0.4 is 0 Å². The van der Waals surface area contributed by atoms with Gasteiger partial charge in [-0.25, -0.2) is 8.78 Å². The van der Waals surface area contributed by atoms with Crippen LogP contribution in [0.15, 0.2) is 42.0 Å². The Morgan fingerprint density at radius 3 is 2.38 bits per heavy atom. The van der Waals surface area contributed by atoms with E-state index in [1.165, 1.54) is 19.3 Å². The average molecular weight is 350 g/mol. The van der Waals surface area contributed by atoms with Crippen molar-refractivity contribution in [2.45, 2.75) is 57.3 Å². The highest BCUT2D eigenvalue weighted by Crippen LogP contribution is 2.51. The molecule has 0 radical (unpaired) electrons. The quantitative estimate of drug-likeness (QED) is 0.496. The molecule has 0 spiro atoms. The molecular formula is C24H24F2. The summed E-state index contributed by atoms with van der Waals surface area (Å²) in [6.45, 7) is 0. The minimum atomic E-state index is -0.143. The van der Waals surface area contributed by atoms with Crippen LogP contribution in [0.2, 0.25) is 0 Å². The molecule has 1 aromatic carbocycles. The Kier molecular flexibility index (Phi) is 3.95. The first-order chi connectivity index (χ1) is 12.8. The zero-order chi connectivity index (χ0) is 17.7. The molecular weight excluding hydrogens is 326 g/mol. The van der Waals surface area contributed by atoms with Crippen LogP contribution in [0, 0.1) is 17.6 Å². The molecule has 1 aromatic rings. The first-order valence-corrected chi connectivity index (χ1v) is 10.0. The van der Waals surface area contributed by atoms with Crippen LogP contribution in [0.5, 0.6) is 0 Å². The fraction of sp³-hybridized carbons (Fsp3) is 0.417. The maximum atomic E-state index is 15.6. The van der Waals surface area contributed by atoms with E-state index in [0.717, 1.165) is 42.4 Å². The first kappa shape index (κ1) is 16.2. The summed E-state index contributed by atoms with van der Waals surface area (Å²) < 4.78 is 31.3. The average Bonchev–Trinajstić information content (AvgIpc) is 3.11. The molecule has 5 rings (SSSR count). The fourth-order valence-corrected chi connectivity index (χ4v) is 5.52. The molecule has 2 atom stereocenters. The van der Waals surface area contributed by atoms with Gasteiger partial charge in [-0.1, -0.05) is 62.1 Å². The minimum Gasteiger partial charge on any atom is -0.206 e. The van der Waals surface area contributed by atoms with E-state index in [1.54, 1.807) is 0 Å². The van der Waals surface area contributed by atoms with Gasteiger partial charge in [-0.3, -0.25) is 0 Å². The highest BCUT2D eigenvalue weighted by molar-refractivity contribution is 5.86. The third kappa shape index (κ3) is 2.38. The Bertz CT molecular complexity index is 882. The fourth-order valence-electron chi connectivity index (χ4n) is 5.52. The predicted octanol–water partition coefficient (Wildman–Crippen LogP) is 6.57. The van der Waals surface area contributed by atoms with Gasteiger partial charge in [-0.2, -0.15) is 0 Å². The van der Waals surface area contributed by atoms with Crippen molar-refractivity contribution in [3.63, 3.8) is 0 Å². The summed E-state index contributed by atoms with van der Waals surface area (Å²) in [7, 11) is 0. The molecule has 134 valence electrons. The zero-order valence-corrected chi connectivity index (χ0v) is 15.0. The molecule has 1 saturated carbocycles. The van der Waals surface area contributed by atoms with Gasteiger partial charge >= 0.3 is 0 Å². The van der Waals surface area contributed by atoms with E-state index in [-0.39, 0.29) is 17.6 Å². The summed E-state index contributed by atoms with van der Waals surface area (Å²) in [5.74, 6) is 0.406. The Hall–Kier alpha value is -1.96. The summed E-state index contributed by atoms with van der Waals surface area (Å²) in [5, 5.41) is 0. The standard InChI is InChI=1S/C24H24F2/c25-23-19-13-15-9-5-1-3-7-11-17(15)21(19)24(26)20-14-16-10-6-2-4-8-12-18(16)22(20)23/h1,3,5,7,9,11,16,18H,2,4,6,8,10,12-14H2. The molecule has 0 bridgehead atoms. The molecule has 0 N–H and O–H groups in total. The molecule has 0 nitrogen and oxygen atoms in total. The van der Waals surface area contributed by atoms with Gasteiger partial charge < -0.3 is 0 Å². The lowest BCUT2D eigenvalue weighted by atomic mass is 9.81. The van der Waals surface area contributed by atoms with Crippen molar-refractivity contribution >= 4 is 5.57 Å². The Balaban J connectivity index is 1.66. The van der Waals surface area contributed by atoms with Gasteiger partial charge in [-0.05, 0) is 53.4 Å². The van der Waals surface area contributed by atoms with Gasteiger partial charge in [0, 0.05) is 17.5 Å². The van der Waals surface area contributed by atoms with Gasteiger partial charge in [0.05, 0.1) is 0 Å². The van der Waals surface area contributed by atoms with Crippen LogP contribution in [0.3, 0.4) is 0 Å². The van der Waals surface area contributed by atoms with Crippen LogP contribution >= 0.6 is 0 Å². The van der Waals surface area contributed by atoms with Crippen molar-refractivity contribution in [1.29, 1.82) is 0 Å². The lowest BCUT2D eigenvalue weighted by Crippen LogP contribution is -2.12. The van der Waals surface area contributed by atoms with Crippen molar-refractivity contribution in [3.8, 4) is 0 Å². The van der Waals surface area contributed by atoms with Crippen LogP contribution in [0.4, 0.5) is 8.78 Å². The third-order valence-electron chi connectivity index (χ3n) is 6.74. The van der Waals surface area contributed by atoms with E-state index in [0.29, 0.717) is 29.0 Å². The molecule has 0 heterocycles. The number of hydrogen-bond acceptors (Lipinski definition) is 0. The Labute approximate surface area is 154 Å². The molecule has 26 heavy (non-hydrogen) atoms. The number of hydrogen-bond donors (Lipinski definition) is 0. The molecule has 1 fully saturated rings. The number of halogens is 2. The van der Waals surface area contributed by atoms with Gasteiger partial charge in [0.15, 0.2) is 0 Å². The van der Waals surface area contributed by atoms with Crippen molar-refractivity contribution in [2.24, 2.45) is 5.92 Å². The molecule has 0 aromatic heterocycles. The maximum Gasteiger partial charge on any atom is 0.135 e. The van der Waals surface area contributed by atoms with Crippen LogP contribution in [0.25, 0.3) is 5.57 Å². The minimum absolute atomic E-state index is 0.106. The maximum absolute atomic E-state index is 15.6. The van der Waals surface area contributed by atoms with Crippen LogP contribution in [-0.4, -0.2) is 0 Å². The Morgan fingerprint density at radius 2 is 1.54 bits per heavy atom. The highest BCUT2D eigenvalue weighted by atomic mass is 19.1. The van der Waals surface area contributed by atoms with E-state index >= 15 is 8.78 Å². The normalized spacial score (nSPS) is 26.5. The van der Waals surface area contributed by atoms with E-state index in [2.05, 4.69) is 0 Å². The monoisotopic (exact) mass is 350 g/mol. The van der Waals surface area contributed by atoms with E-state index in [9.17, 15) is 0 Å². The SMILES string of the molecule is Fc1c2c(c(F)c3c1C1=C(C=CC=CC=C1)C3)C1CCCCCCC1C2. The Morgan fingerprint density at radius 1 is 0.769 bits per heavy atom. The molecule has 0 saturated heterocycles. The molecule has 0 aliphatic heterocycles. The molecule has 2 heteroatoms. The second-order valence-corrected chi connectivity index (χ2v) is 8.15. The van der Waals surface area contributed by atoms with Crippen molar-refractivity contribution in [3.05, 3.63) is 75.9 Å². The van der Waals surface area contributed by atoms with Gasteiger partial charge in [0.2, 0.25) is 0 Å². The summed E-state index contributed by atoms with van der Waals surface area (Å²) >= 11 is 0. The second-order valence-electron chi connectivity index (χ2n) is 8.15. The largest absolute Gasteiger partial charge is 0.206 e. The number of benzene rings is 1. The molecule has 4 aliphatic rings. The van der Waals surface area contributed by atoms with Gasteiger partial charge in [0.1, 0.15) is 11.6 Å². The smallest absolute Gasteiger partial charge is 0.135 e. The number of allylic oxidation sites excluding steroid dienone is 8. The molecule has 4 aliphatic carbocycles. The second kappa shape index (κ2) is 6.33. The van der Waals surface area contributed by atoms with E-state index in [4.69, 9.17) is 0 Å². The summed E-state index contributed by atoms with van der Waals surface area (Å²) in [4.78, 5) is 0. The summed E-state index contributed by atoms with van der Waals surface area (Å²) in [5.41, 5.74) is 4.42. The van der Waals surface area contributed by atoms with E-state index in [1.807, 2.05) is 36.5 Å². The zero-order valence-electron chi connectivity index (χ0n) is 15.0. The lowest BCUT2D eigenvalue weighted by molar-refractivity contribution is 0.347. The van der Waals surface area contributed by atoms with Crippen LogP contribution in [-0.2, 0) is 12.8 Å². The first-order valence-electron chi connectivity index (χ1n) is 10.0. The third-order valence-corrected chi connectivity index (χ3v) is 6.74. The van der Waals surface area contributed by atoms with Crippen molar-refractivity contribution in [2.75, 3.05) is 0 Å². The topological polar surface area (TPSA) is 0 Å². The molecule has 0 amide bonds. The van der Waals surface area contributed by atoms with Crippen molar-refractivity contribution in [1.82, 2.24) is 0 Å². The number of rotatable bonds is 0. The predicted molar refractivity (Wildman–Crippen MR) is 102 cm³/mol. The van der Waals surface area contributed by atoms with Crippen LogP contribution in [0.1, 0.15) is 66.7 Å². The van der Waals surface area contributed by atoms with Crippen molar-refractivity contribution < 1.29 is 8.78 Å². The van der Waals surface area contributed by atoms with Gasteiger partial charge in [-0.15, -0.1) is 0 Å². The summed E-state index contributed by atoms with van der Waals surface area (Å²) in [6, 6.07) is 0. The van der Waals surface area contributed by atoms with Gasteiger partial charge in [0.25, 0.3) is 0 Å². The highest BCUT2D eigenvalue weighted by Gasteiger charge is 2.40. The molecule has 2 unspecified atom stereocenters. The summed E-state index contributed by atoms with van der Waals surface area (Å²) in [6.07, 6.45) is 19.9.